The number of aliphatic carboxylic acids is 1. The summed E-state index contributed by atoms with van der Waals surface area (Å²) in [5.74, 6) is -1.28. The summed E-state index contributed by atoms with van der Waals surface area (Å²) >= 11 is 0. The predicted molar refractivity (Wildman–Crippen MR) is 73.5 cm³/mol. The molecule has 6 heteroatoms. The fraction of sp³-hybridized carbons (Fsp3) is 0.857. The van der Waals surface area contributed by atoms with Crippen LogP contribution in [0.3, 0.4) is 0 Å². The summed E-state index contributed by atoms with van der Waals surface area (Å²) in [6.07, 6.45) is 5.22. The topological polar surface area (TPSA) is 87.7 Å². The standard InChI is InChI=1S/C14H24N2O4/c1-14(7-4-8-20-14)9-15-13(19)16-11-6-3-2-5-10(11)12(17)18/h10-11H,2-9H2,1H3,(H,17,18)(H2,15,16,19). The molecule has 2 fully saturated rings. The van der Waals surface area contributed by atoms with Crippen LogP contribution in [0.25, 0.3) is 0 Å². The first-order valence-corrected chi connectivity index (χ1v) is 7.41. The maximum Gasteiger partial charge on any atom is 0.315 e. The van der Waals surface area contributed by atoms with Gasteiger partial charge in [0.1, 0.15) is 0 Å². The normalized spacial score (nSPS) is 33.6. The molecule has 1 aliphatic heterocycles. The number of hydrogen-bond acceptors (Lipinski definition) is 3. The van der Waals surface area contributed by atoms with Gasteiger partial charge in [-0.1, -0.05) is 12.8 Å². The van der Waals surface area contributed by atoms with Gasteiger partial charge in [-0.05, 0) is 32.6 Å². The van der Waals surface area contributed by atoms with Crippen LogP contribution < -0.4 is 10.6 Å². The van der Waals surface area contributed by atoms with E-state index in [1.165, 1.54) is 0 Å². The van der Waals surface area contributed by atoms with Gasteiger partial charge in [0, 0.05) is 19.2 Å². The molecule has 2 amide bonds. The van der Waals surface area contributed by atoms with Crippen molar-refractivity contribution < 1.29 is 19.4 Å². The van der Waals surface area contributed by atoms with E-state index in [9.17, 15) is 14.7 Å². The second kappa shape index (κ2) is 6.43. The Morgan fingerprint density at radius 2 is 2.05 bits per heavy atom. The number of carbonyl (C=O) groups is 2. The van der Waals surface area contributed by atoms with Crippen LogP contribution in [-0.2, 0) is 9.53 Å². The van der Waals surface area contributed by atoms with Crippen LogP contribution in [0.1, 0.15) is 45.4 Å². The molecule has 20 heavy (non-hydrogen) atoms. The van der Waals surface area contributed by atoms with E-state index in [0.717, 1.165) is 38.7 Å². The second-order valence-corrected chi connectivity index (χ2v) is 6.06. The molecule has 1 heterocycles. The molecule has 6 nitrogen and oxygen atoms in total. The van der Waals surface area contributed by atoms with E-state index in [1.54, 1.807) is 0 Å². The molecule has 1 saturated carbocycles. The minimum Gasteiger partial charge on any atom is -0.481 e. The monoisotopic (exact) mass is 284 g/mol. The van der Waals surface area contributed by atoms with Crippen molar-refractivity contribution in [1.29, 1.82) is 0 Å². The van der Waals surface area contributed by atoms with Gasteiger partial charge < -0.3 is 20.5 Å². The van der Waals surface area contributed by atoms with Gasteiger partial charge in [-0.3, -0.25) is 4.79 Å². The van der Waals surface area contributed by atoms with Gasteiger partial charge in [-0.2, -0.15) is 0 Å². The zero-order valence-corrected chi connectivity index (χ0v) is 12.0. The first-order chi connectivity index (χ1) is 9.50. The smallest absolute Gasteiger partial charge is 0.315 e. The van der Waals surface area contributed by atoms with Gasteiger partial charge in [0.2, 0.25) is 0 Å². The first kappa shape index (κ1) is 15.1. The number of urea groups is 1. The van der Waals surface area contributed by atoms with Crippen molar-refractivity contribution in [2.45, 2.75) is 57.1 Å². The number of carboxylic acids is 1. The van der Waals surface area contributed by atoms with E-state index in [-0.39, 0.29) is 17.7 Å². The third-order valence-corrected chi connectivity index (χ3v) is 4.32. The van der Waals surface area contributed by atoms with Crippen molar-refractivity contribution in [3.8, 4) is 0 Å². The summed E-state index contributed by atoms with van der Waals surface area (Å²) < 4.78 is 5.60. The summed E-state index contributed by atoms with van der Waals surface area (Å²) in [6, 6.07) is -0.557. The lowest BCUT2D eigenvalue weighted by Gasteiger charge is -2.30. The maximum absolute atomic E-state index is 11.9. The van der Waals surface area contributed by atoms with E-state index < -0.39 is 11.9 Å². The van der Waals surface area contributed by atoms with Crippen molar-refractivity contribution >= 4 is 12.0 Å². The van der Waals surface area contributed by atoms with Crippen molar-refractivity contribution in [3.63, 3.8) is 0 Å². The highest BCUT2D eigenvalue weighted by molar-refractivity contribution is 5.76. The summed E-state index contributed by atoms with van der Waals surface area (Å²) in [6.45, 7) is 3.19. The Kier molecular flexibility index (Phi) is 4.86. The van der Waals surface area contributed by atoms with Crippen LogP contribution in [-0.4, -0.2) is 41.9 Å². The summed E-state index contributed by atoms with van der Waals surface area (Å²) in [7, 11) is 0. The quantitative estimate of drug-likeness (QED) is 0.730. The molecule has 0 aromatic carbocycles. The van der Waals surface area contributed by atoms with E-state index in [0.29, 0.717) is 13.0 Å². The first-order valence-electron chi connectivity index (χ1n) is 7.41. The van der Waals surface area contributed by atoms with Crippen molar-refractivity contribution in [2.24, 2.45) is 5.92 Å². The molecule has 0 aromatic heterocycles. The maximum atomic E-state index is 11.9. The molecule has 114 valence electrons. The van der Waals surface area contributed by atoms with Crippen molar-refractivity contribution in [3.05, 3.63) is 0 Å². The number of nitrogens with one attached hydrogen (secondary N) is 2. The van der Waals surface area contributed by atoms with Crippen LogP contribution in [0.15, 0.2) is 0 Å². The van der Waals surface area contributed by atoms with Gasteiger partial charge >= 0.3 is 12.0 Å². The largest absolute Gasteiger partial charge is 0.481 e. The van der Waals surface area contributed by atoms with Crippen LogP contribution >= 0.6 is 0 Å². The van der Waals surface area contributed by atoms with Crippen LogP contribution in [0.4, 0.5) is 4.79 Å². The number of amides is 2. The highest BCUT2D eigenvalue weighted by Gasteiger charge is 2.33. The molecule has 2 aliphatic rings. The van der Waals surface area contributed by atoms with Crippen LogP contribution in [0.2, 0.25) is 0 Å². The summed E-state index contributed by atoms with van der Waals surface area (Å²) in [4.78, 5) is 23.1. The number of hydrogen-bond donors (Lipinski definition) is 3. The molecule has 0 spiro atoms. The van der Waals surface area contributed by atoms with E-state index in [2.05, 4.69) is 10.6 Å². The number of carbonyl (C=O) groups excluding carboxylic acids is 1. The third-order valence-electron chi connectivity index (χ3n) is 4.32. The highest BCUT2D eigenvalue weighted by Crippen LogP contribution is 2.25. The highest BCUT2D eigenvalue weighted by atomic mass is 16.5. The fourth-order valence-corrected chi connectivity index (χ4v) is 3.06. The zero-order valence-electron chi connectivity index (χ0n) is 12.0. The third kappa shape index (κ3) is 3.85. The molecule has 1 saturated heterocycles. The zero-order chi connectivity index (χ0) is 14.6. The molecular formula is C14H24N2O4. The Labute approximate surface area is 119 Å². The van der Waals surface area contributed by atoms with Gasteiger partial charge in [-0.25, -0.2) is 4.79 Å². The molecule has 3 atom stereocenters. The van der Waals surface area contributed by atoms with Gasteiger partial charge in [-0.15, -0.1) is 0 Å². The van der Waals surface area contributed by atoms with Gasteiger partial charge in [0.25, 0.3) is 0 Å². The van der Waals surface area contributed by atoms with E-state index >= 15 is 0 Å². The number of ether oxygens (including phenoxy) is 1. The van der Waals surface area contributed by atoms with Crippen molar-refractivity contribution in [2.75, 3.05) is 13.2 Å². The van der Waals surface area contributed by atoms with Gasteiger partial charge in [0.05, 0.1) is 11.5 Å². The number of rotatable bonds is 4. The van der Waals surface area contributed by atoms with E-state index in [1.807, 2.05) is 6.92 Å². The minimum atomic E-state index is -0.818. The fourth-order valence-electron chi connectivity index (χ4n) is 3.06. The Morgan fingerprint density at radius 3 is 2.70 bits per heavy atom. The van der Waals surface area contributed by atoms with Crippen molar-refractivity contribution in [1.82, 2.24) is 10.6 Å². The molecule has 2 rings (SSSR count). The lowest BCUT2D eigenvalue weighted by atomic mass is 9.84. The second-order valence-electron chi connectivity index (χ2n) is 6.06. The Hall–Kier alpha value is -1.30. The molecule has 1 aliphatic carbocycles. The average molecular weight is 284 g/mol. The van der Waals surface area contributed by atoms with Crippen LogP contribution in [0, 0.1) is 5.92 Å². The number of carboxylic acid groups (broad SMARTS) is 1. The summed E-state index contributed by atoms with van der Waals surface area (Å²) in [5.41, 5.74) is -0.282. The molecular weight excluding hydrogens is 260 g/mol. The molecule has 3 N–H and O–H groups in total. The Bertz CT molecular complexity index is 366. The Morgan fingerprint density at radius 1 is 1.30 bits per heavy atom. The minimum absolute atomic E-state index is 0.265. The molecule has 3 unspecified atom stereocenters. The summed E-state index contributed by atoms with van der Waals surface area (Å²) in [5, 5.41) is 14.8. The Balaban J connectivity index is 1.79. The molecule has 0 aromatic rings. The lowest BCUT2D eigenvalue weighted by molar-refractivity contribution is -0.143. The van der Waals surface area contributed by atoms with Gasteiger partial charge in [0.15, 0.2) is 0 Å². The van der Waals surface area contributed by atoms with E-state index in [4.69, 9.17) is 4.74 Å². The lowest BCUT2D eigenvalue weighted by Crippen LogP contribution is -2.51. The predicted octanol–water partition coefficient (Wildman–Crippen LogP) is 1.50. The molecule has 0 radical (unpaired) electrons. The molecule has 0 bridgehead atoms. The SMILES string of the molecule is CC1(CNC(=O)NC2CCCCC2C(=O)O)CCCO1. The van der Waals surface area contributed by atoms with Crippen LogP contribution in [0.5, 0.6) is 0 Å². The average Bonchev–Trinajstić information content (AvgIpc) is 2.84.